The zero-order chi connectivity index (χ0) is 24.8. The number of anilines is 3. The van der Waals surface area contributed by atoms with Gasteiger partial charge in [0, 0.05) is 37.8 Å². The van der Waals surface area contributed by atoms with Crippen molar-refractivity contribution in [2.24, 2.45) is 0 Å². The van der Waals surface area contributed by atoms with Crippen LogP contribution < -0.4 is 15.0 Å². The summed E-state index contributed by atoms with van der Waals surface area (Å²) in [6.45, 7) is 7.14. The monoisotopic (exact) mass is 483 g/mol. The van der Waals surface area contributed by atoms with Gasteiger partial charge in [-0.15, -0.1) is 0 Å². The molecule has 2 aromatic carbocycles. The fourth-order valence-electron chi connectivity index (χ4n) is 3.96. The van der Waals surface area contributed by atoms with Crippen LogP contribution in [0.3, 0.4) is 0 Å². The van der Waals surface area contributed by atoms with Crippen LogP contribution in [0.5, 0.6) is 5.75 Å². The molecule has 8 nitrogen and oxygen atoms in total. The molecule has 0 saturated carbocycles. The predicted molar refractivity (Wildman–Crippen MR) is 133 cm³/mol. The summed E-state index contributed by atoms with van der Waals surface area (Å²) in [6.07, 6.45) is 1.45. The molecular weight excluding hydrogens is 453 g/mol. The van der Waals surface area contributed by atoms with Crippen molar-refractivity contribution in [3.05, 3.63) is 53.5 Å². The van der Waals surface area contributed by atoms with E-state index < -0.39 is 11.8 Å². The van der Waals surface area contributed by atoms with Crippen molar-refractivity contribution in [1.29, 1.82) is 0 Å². The third kappa shape index (κ3) is 5.63. The lowest BCUT2D eigenvalue weighted by Gasteiger charge is -2.30. The van der Waals surface area contributed by atoms with Crippen molar-refractivity contribution in [2.45, 2.75) is 13.8 Å². The number of ether oxygens (including phenoxy) is 4. The van der Waals surface area contributed by atoms with Gasteiger partial charge in [0.2, 0.25) is 0 Å². The van der Waals surface area contributed by atoms with Crippen LogP contribution in [0.1, 0.15) is 22.8 Å². The van der Waals surface area contributed by atoms with E-state index in [1.165, 1.54) is 12.3 Å². The summed E-state index contributed by atoms with van der Waals surface area (Å²) < 4.78 is 36.7. The lowest BCUT2D eigenvalue weighted by molar-refractivity contribution is 0.0527. The zero-order valence-electron chi connectivity index (χ0n) is 20.2. The molecular formula is C26H30FN3O5. The van der Waals surface area contributed by atoms with E-state index in [1.54, 1.807) is 26.2 Å². The lowest BCUT2D eigenvalue weighted by atomic mass is 10.1. The zero-order valence-corrected chi connectivity index (χ0v) is 20.2. The summed E-state index contributed by atoms with van der Waals surface area (Å²) in [5.74, 6) is -0.303. The first-order valence-corrected chi connectivity index (χ1v) is 11.6. The molecule has 9 heteroatoms. The minimum absolute atomic E-state index is 0.209. The van der Waals surface area contributed by atoms with E-state index in [1.807, 2.05) is 19.1 Å². The Labute approximate surface area is 203 Å². The van der Waals surface area contributed by atoms with E-state index >= 15 is 0 Å². The number of halogens is 1. The van der Waals surface area contributed by atoms with Gasteiger partial charge in [0.1, 0.15) is 23.7 Å². The van der Waals surface area contributed by atoms with Gasteiger partial charge in [0.15, 0.2) is 0 Å². The molecule has 1 aliphatic heterocycles. The van der Waals surface area contributed by atoms with Crippen LogP contribution in [0.2, 0.25) is 0 Å². The molecule has 0 aliphatic carbocycles. The van der Waals surface area contributed by atoms with E-state index in [2.05, 4.69) is 15.2 Å². The number of hydrogen-bond donors (Lipinski definition) is 1. The molecule has 0 atom stereocenters. The van der Waals surface area contributed by atoms with Gasteiger partial charge < -0.3 is 29.2 Å². The van der Waals surface area contributed by atoms with Crippen molar-refractivity contribution in [2.75, 3.05) is 63.5 Å². The summed E-state index contributed by atoms with van der Waals surface area (Å²) in [4.78, 5) is 19.5. The molecule has 0 bridgehead atoms. The number of esters is 1. The molecule has 3 aromatic rings. The van der Waals surface area contributed by atoms with Gasteiger partial charge in [-0.25, -0.2) is 9.18 Å². The topological polar surface area (TPSA) is 82.2 Å². The van der Waals surface area contributed by atoms with Gasteiger partial charge in [-0.1, -0.05) is 6.07 Å². The number of morpholine rings is 1. The van der Waals surface area contributed by atoms with Gasteiger partial charge in [-0.05, 0) is 37.6 Å². The summed E-state index contributed by atoms with van der Waals surface area (Å²) in [7, 11) is 1.62. The number of benzene rings is 2. The summed E-state index contributed by atoms with van der Waals surface area (Å²) in [6, 6.07) is 8.65. The smallest absolute Gasteiger partial charge is 0.341 e. The highest BCUT2D eigenvalue weighted by molar-refractivity contribution is 6.07. The van der Waals surface area contributed by atoms with Gasteiger partial charge in [-0.3, -0.25) is 4.98 Å². The van der Waals surface area contributed by atoms with Crippen LogP contribution in [0.4, 0.5) is 21.5 Å². The average Bonchev–Trinajstić information content (AvgIpc) is 2.86. The lowest BCUT2D eigenvalue weighted by Crippen LogP contribution is -2.36. The van der Waals surface area contributed by atoms with Crippen LogP contribution in [-0.2, 0) is 14.2 Å². The number of carbonyl (C=O) groups excluding carboxylic acids is 1. The molecule has 1 N–H and O–H groups in total. The molecule has 4 rings (SSSR count). The van der Waals surface area contributed by atoms with Crippen LogP contribution in [0, 0.1) is 12.7 Å². The molecule has 0 amide bonds. The van der Waals surface area contributed by atoms with Crippen LogP contribution in [-0.4, -0.2) is 64.2 Å². The number of rotatable bonds is 9. The Morgan fingerprint density at radius 2 is 2.00 bits per heavy atom. The summed E-state index contributed by atoms with van der Waals surface area (Å²) in [5.41, 5.74) is 3.13. The third-order valence-electron chi connectivity index (χ3n) is 5.73. The Kier molecular flexibility index (Phi) is 7.99. The molecule has 0 unspecified atom stereocenters. The highest BCUT2D eigenvalue weighted by atomic mass is 19.1. The molecule has 186 valence electrons. The fraction of sp³-hybridized carbons (Fsp3) is 0.385. The van der Waals surface area contributed by atoms with Crippen LogP contribution >= 0.6 is 0 Å². The largest absolute Gasteiger partial charge is 0.489 e. The number of pyridine rings is 1. The molecule has 1 fully saturated rings. The summed E-state index contributed by atoms with van der Waals surface area (Å²) in [5, 5.41) is 3.78. The summed E-state index contributed by atoms with van der Waals surface area (Å²) >= 11 is 0. The maximum absolute atomic E-state index is 14.8. The standard InChI is InChI=1S/C26H30FN3O5/c1-4-34-26(31)19-16-28-22-15-24(35-12-11-32-3)23(30-7-9-33-10-8-30)14-18(22)25(19)29-21-6-5-17(2)13-20(21)27/h5-6,13-16H,4,7-12H2,1-3H3,(H,28,29). The third-order valence-corrected chi connectivity index (χ3v) is 5.73. The highest BCUT2D eigenvalue weighted by Crippen LogP contribution is 2.39. The van der Waals surface area contributed by atoms with E-state index in [-0.39, 0.29) is 17.9 Å². The quantitative estimate of drug-likeness (QED) is 0.353. The van der Waals surface area contributed by atoms with Crippen molar-refractivity contribution >= 4 is 33.9 Å². The van der Waals surface area contributed by atoms with E-state index in [0.717, 1.165) is 11.3 Å². The first-order chi connectivity index (χ1) is 17.0. The molecule has 1 aromatic heterocycles. The fourth-order valence-corrected chi connectivity index (χ4v) is 3.96. The number of nitrogens with one attached hydrogen (secondary N) is 1. The minimum atomic E-state index is -0.537. The number of methoxy groups -OCH3 is 1. The molecule has 0 spiro atoms. The number of aromatic nitrogens is 1. The van der Waals surface area contributed by atoms with Gasteiger partial charge in [0.05, 0.1) is 49.0 Å². The first kappa shape index (κ1) is 24.7. The van der Waals surface area contributed by atoms with Crippen molar-refractivity contribution in [3.8, 4) is 5.75 Å². The predicted octanol–water partition coefficient (Wildman–Crippen LogP) is 4.46. The highest BCUT2D eigenvalue weighted by Gasteiger charge is 2.22. The van der Waals surface area contributed by atoms with Gasteiger partial charge >= 0.3 is 5.97 Å². The van der Waals surface area contributed by atoms with E-state index in [0.29, 0.717) is 61.9 Å². The number of carbonyl (C=O) groups is 1. The number of hydrogen-bond acceptors (Lipinski definition) is 8. The number of fused-ring (bicyclic) bond motifs is 1. The molecule has 0 radical (unpaired) electrons. The Morgan fingerprint density at radius 1 is 1.20 bits per heavy atom. The Hall–Kier alpha value is -3.43. The maximum atomic E-state index is 14.8. The molecule has 2 heterocycles. The SMILES string of the molecule is CCOC(=O)c1cnc2cc(OCCOC)c(N3CCOCC3)cc2c1Nc1ccc(C)cc1F. The normalized spacial score (nSPS) is 13.7. The Morgan fingerprint density at radius 3 is 2.71 bits per heavy atom. The number of aryl methyl sites for hydroxylation is 1. The van der Waals surface area contributed by atoms with Crippen LogP contribution in [0.25, 0.3) is 10.9 Å². The van der Waals surface area contributed by atoms with Crippen molar-refractivity contribution in [1.82, 2.24) is 4.98 Å². The van der Waals surface area contributed by atoms with E-state index in [4.69, 9.17) is 18.9 Å². The maximum Gasteiger partial charge on any atom is 0.341 e. The Bertz CT molecular complexity index is 1200. The average molecular weight is 484 g/mol. The second-order valence-corrected chi connectivity index (χ2v) is 8.15. The molecule has 1 saturated heterocycles. The van der Waals surface area contributed by atoms with Crippen molar-refractivity contribution < 1.29 is 28.1 Å². The Balaban J connectivity index is 1.88. The van der Waals surface area contributed by atoms with Crippen LogP contribution in [0.15, 0.2) is 36.5 Å². The first-order valence-electron chi connectivity index (χ1n) is 11.6. The second-order valence-electron chi connectivity index (χ2n) is 8.15. The van der Waals surface area contributed by atoms with Gasteiger partial charge in [-0.2, -0.15) is 0 Å². The van der Waals surface area contributed by atoms with E-state index in [9.17, 15) is 9.18 Å². The minimum Gasteiger partial charge on any atom is -0.489 e. The number of nitrogens with zero attached hydrogens (tertiary/aromatic N) is 2. The molecule has 1 aliphatic rings. The van der Waals surface area contributed by atoms with Crippen molar-refractivity contribution in [3.63, 3.8) is 0 Å². The second kappa shape index (κ2) is 11.3. The molecule has 35 heavy (non-hydrogen) atoms. The van der Waals surface area contributed by atoms with Gasteiger partial charge in [0.25, 0.3) is 0 Å².